The molecule has 1 N–H and O–H groups in total. The van der Waals surface area contributed by atoms with E-state index in [4.69, 9.17) is 4.74 Å². The Kier molecular flexibility index (Phi) is 3.86. The molecule has 0 aliphatic carbocycles. The van der Waals surface area contributed by atoms with Crippen molar-refractivity contribution in [2.45, 2.75) is 26.9 Å². The molecule has 0 heterocycles. The number of halogens is 1. The van der Waals surface area contributed by atoms with Crippen molar-refractivity contribution in [3.05, 3.63) is 58.9 Å². The zero-order valence-electron chi connectivity index (χ0n) is 11.3. The molecule has 0 radical (unpaired) electrons. The lowest BCUT2D eigenvalue weighted by atomic mass is 10.1. The van der Waals surface area contributed by atoms with Crippen LogP contribution in [0.5, 0.6) is 11.5 Å². The lowest BCUT2D eigenvalue weighted by molar-refractivity contribution is 0.194. The molecule has 0 spiro atoms. The third kappa shape index (κ3) is 2.93. The van der Waals surface area contributed by atoms with Crippen LogP contribution in [0.1, 0.15) is 29.7 Å². The number of para-hydroxylation sites is 1. The van der Waals surface area contributed by atoms with Gasteiger partial charge in [0.2, 0.25) is 0 Å². The average Bonchev–Trinajstić information content (AvgIpc) is 2.36. The van der Waals surface area contributed by atoms with Gasteiger partial charge in [-0.05, 0) is 50.1 Å². The van der Waals surface area contributed by atoms with E-state index in [1.165, 1.54) is 6.07 Å². The van der Waals surface area contributed by atoms with Crippen molar-refractivity contribution >= 4 is 0 Å². The highest BCUT2D eigenvalue weighted by molar-refractivity contribution is 5.42. The quantitative estimate of drug-likeness (QED) is 0.892. The minimum atomic E-state index is -0.780. The Morgan fingerprint density at radius 3 is 2.47 bits per heavy atom. The topological polar surface area (TPSA) is 29.5 Å². The highest BCUT2D eigenvalue weighted by Crippen LogP contribution is 2.32. The van der Waals surface area contributed by atoms with Gasteiger partial charge in [0, 0.05) is 5.56 Å². The lowest BCUT2D eigenvalue weighted by Crippen LogP contribution is -1.99. The predicted octanol–water partition coefficient (Wildman–Crippen LogP) is 4.29. The first kappa shape index (κ1) is 13.6. The molecule has 0 aromatic heterocycles. The molecule has 2 aromatic carbocycles. The molecular formula is C16H17FO2. The zero-order chi connectivity index (χ0) is 14.0. The van der Waals surface area contributed by atoms with Gasteiger partial charge in [0.25, 0.3) is 0 Å². The molecule has 3 heteroatoms. The van der Waals surface area contributed by atoms with Gasteiger partial charge in [-0.1, -0.05) is 18.2 Å². The van der Waals surface area contributed by atoms with E-state index in [1.807, 2.05) is 26.0 Å². The van der Waals surface area contributed by atoms with Crippen molar-refractivity contribution in [3.63, 3.8) is 0 Å². The van der Waals surface area contributed by atoms with E-state index in [2.05, 4.69) is 0 Å². The summed E-state index contributed by atoms with van der Waals surface area (Å²) in [7, 11) is 0. The largest absolute Gasteiger partial charge is 0.454 e. The summed E-state index contributed by atoms with van der Waals surface area (Å²) in [5.41, 5.74) is 2.67. The maximum atomic E-state index is 13.8. The minimum absolute atomic E-state index is 0.0840. The fourth-order valence-electron chi connectivity index (χ4n) is 1.86. The Morgan fingerprint density at radius 2 is 1.84 bits per heavy atom. The van der Waals surface area contributed by atoms with Crippen LogP contribution in [0.25, 0.3) is 0 Å². The van der Waals surface area contributed by atoms with E-state index in [1.54, 1.807) is 25.1 Å². The summed E-state index contributed by atoms with van der Waals surface area (Å²) in [6.07, 6.45) is -0.780. The number of hydrogen-bond acceptors (Lipinski definition) is 2. The van der Waals surface area contributed by atoms with Crippen LogP contribution >= 0.6 is 0 Å². The van der Waals surface area contributed by atoms with Crippen LogP contribution < -0.4 is 4.74 Å². The second-order valence-corrected chi connectivity index (χ2v) is 4.68. The van der Waals surface area contributed by atoms with Crippen LogP contribution in [0.3, 0.4) is 0 Å². The monoisotopic (exact) mass is 260 g/mol. The molecule has 1 atom stereocenters. The van der Waals surface area contributed by atoms with Crippen LogP contribution in [0.15, 0.2) is 36.4 Å². The summed E-state index contributed by atoms with van der Waals surface area (Å²) in [5.74, 6) is 0.174. The highest BCUT2D eigenvalue weighted by atomic mass is 19.1. The molecule has 0 aliphatic heterocycles. The number of benzene rings is 2. The second kappa shape index (κ2) is 5.41. The Morgan fingerprint density at radius 1 is 1.11 bits per heavy atom. The molecule has 2 aromatic rings. The van der Waals surface area contributed by atoms with Gasteiger partial charge in [0.1, 0.15) is 5.75 Å². The summed E-state index contributed by atoms with van der Waals surface area (Å²) in [5, 5.41) is 9.66. The molecule has 0 amide bonds. The van der Waals surface area contributed by atoms with Crippen molar-refractivity contribution < 1.29 is 14.2 Å². The molecule has 19 heavy (non-hydrogen) atoms. The number of aryl methyl sites for hydroxylation is 2. The Bertz CT molecular complexity index is 591. The van der Waals surface area contributed by atoms with Crippen molar-refractivity contribution in [2.24, 2.45) is 0 Å². The van der Waals surface area contributed by atoms with Gasteiger partial charge in [-0.25, -0.2) is 4.39 Å². The number of aliphatic hydroxyl groups excluding tert-OH is 1. The van der Waals surface area contributed by atoms with Crippen molar-refractivity contribution in [1.82, 2.24) is 0 Å². The minimum Gasteiger partial charge on any atom is -0.454 e. The maximum Gasteiger partial charge on any atom is 0.168 e. The molecule has 0 saturated carbocycles. The first-order valence-electron chi connectivity index (χ1n) is 6.20. The predicted molar refractivity (Wildman–Crippen MR) is 73.0 cm³/mol. The average molecular weight is 260 g/mol. The first-order chi connectivity index (χ1) is 8.99. The fraction of sp³-hybridized carbons (Fsp3) is 0.250. The van der Waals surface area contributed by atoms with Crippen LogP contribution in [0.2, 0.25) is 0 Å². The van der Waals surface area contributed by atoms with Crippen LogP contribution in [0.4, 0.5) is 4.39 Å². The summed E-state index contributed by atoms with van der Waals surface area (Å²) in [6.45, 7) is 5.56. The van der Waals surface area contributed by atoms with Gasteiger partial charge in [0.15, 0.2) is 11.6 Å². The zero-order valence-corrected chi connectivity index (χ0v) is 11.3. The van der Waals surface area contributed by atoms with E-state index < -0.39 is 11.9 Å². The first-order valence-corrected chi connectivity index (χ1v) is 6.20. The second-order valence-electron chi connectivity index (χ2n) is 4.68. The number of ether oxygens (including phenoxy) is 1. The summed E-state index contributed by atoms with van der Waals surface area (Å²) in [4.78, 5) is 0. The smallest absolute Gasteiger partial charge is 0.168 e. The fourth-order valence-corrected chi connectivity index (χ4v) is 1.86. The van der Waals surface area contributed by atoms with Crippen LogP contribution in [0, 0.1) is 19.7 Å². The Balaban J connectivity index is 2.40. The van der Waals surface area contributed by atoms with E-state index in [9.17, 15) is 9.50 Å². The number of rotatable bonds is 3. The molecule has 100 valence electrons. The summed E-state index contributed by atoms with van der Waals surface area (Å²) >= 11 is 0. The van der Waals surface area contributed by atoms with Gasteiger partial charge < -0.3 is 9.84 Å². The van der Waals surface area contributed by atoms with Crippen molar-refractivity contribution in [2.75, 3.05) is 0 Å². The molecule has 0 saturated heterocycles. The molecule has 0 fully saturated rings. The molecule has 0 bridgehead atoms. The van der Waals surface area contributed by atoms with Crippen LogP contribution in [-0.2, 0) is 0 Å². The summed E-state index contributed by atoms with van der Waals surface area (Å²) < 4.78 is 19.4. The van der Waals surface area contributed by atoms with Gasteiger partial charge in [0.05, 0.1) is 6.10 Å². The van der Waals surface area contributed by atoms with Gasteiger partial charge in [-0.15, -0.1) is 0 Å². The number of aliphatic hydroxyl groups is 1. The Labute approximate surface area is 112 Å². The Hall–Kier alpha value is -1.87. The third-order valence-corrected chi connectivity index (χ3v) is 3.15. The van der Waals surface area contributed by atoms with Crippen LogP contribution in [-0.4, -0.2) is 5.11 Å². The van der Waals surface area contributed by atoms with Gasteiger partial charge in [-0.2, -0.15) is 0 Å². The van der Waals surface area contributed by atoms with Gasteiger partial charge >= 0.3 is 0 Å². The maximum absolute atomic E-state index is 13.8. The van der Waals surface area contributed by atoms with Crippen molar-refractivity contribution in [1.29, 1.82) is 0 Å². The SMILES string of the molecule is Cc1ccc(Oc2c(F)cccc2C(C)O)cc1C. The number of hydrogen-bond donors (Lipinski definition) is 1. The molecule has 2 nitrogen and oxygen atoms in total. The highest BCUT2D eigenvalue weighted by Gasteiger charge is 2.14. The van der Waals surface area contributed by atoms with E-state index in [-0.39, 0.29) is 5.75 Å². The lowest BCUT2D eigenvalue weighted by Gasteiger charge is -2.14. The molecule has 0 aliphatic rings. The van der Waals surface area contributed by atoms with E-state index in [0.29, 0.717) is 11.3 Å². The van der Waals surface area contributed by atoms with E-state index in [0.717, 1.165) is 11.1 Å². The molecule has 1 unspecified atom stereocenters. The third-order valence-electron chi connectivity index (χ3n) is 3.15. The van der Waals surface area contributed by atoms with Gasteiger partial charge in [-0.3, -0.25) is 0 Å². The van der Waals surface area contributed by atoms with Crippen molar-refractivity contribution in [3.8, 4) is 11.5 Å². The molecule has 2 rings (SSSR count). The van der Waals surface area contributed by atoms with E-state index >= 15 is 0 Å². The summed E-state index contributed by atoms with van der Waals surface area (Å²) in [6, 6.07) is 10.1. The normalized spacial score (nSPS) is 12.3. The molecular weight excluding hydrogens is 243 g/mol. The standard InChI is InChI=1S/C16H17FO2/c1-10-7-8-13(9-11(10)2)19-16-14(12(3)18)5-4-6-15(16)17/h4-9,12,18H,1-3H3.